The van der Waals surface area contributed by atoms with Crippen molar-refractivity contribution in [2.24, 2.45) is 0 Å². The molecule has 5 nitrogen and oxygen atoms in total. The van der Waals surface area contributed by atoms with Crippen LogP contribution >= 0.6 is 23.1 Å². The molecule has 27 heavy (non-hydrogen) atoms. The molecule has 0 spiro atoms. The molecule has 0 saturated carbocycles. The summed E-state index contributed by atoms with van der Waals surface area (Å²) in [5, 5.41) is 3.37. The van der Waals surface area contributed by atoms with Gasteiger partial charge in [0.1, 0.15) is 11.9 Å². The summed E-state index contributed by atoms with van der Waals surface area (Å²) in [6.07, 6.45) is 0. The van der Waals surface area contributed by atoms with E-state index in [9.17, 15) is 14.0 Å². The first kappa shape index (κ1) is 20.1. The van der Waals surface area contributed by atoms with Crippen LogP contribution in [0.25, 0.3) is 10.1 Å². The van der Waals surface area contributed by atoms with Crippen LogP contribution in [0.1, 0.15) is 36.0 Å². The van der Waals surface area contributed by atoms with Crippen LogP contribution in [-0.2, 0) is 16.1 Å². The van der Waals surface area contributed by atoms with E-state index in [-0.39, 0.29) is 29.8 Å². The topological polar surface area (TPSA) is 58.6 Å². The van der Waals surface area contributed by atoms with Crippen LogP contribution in [0.15, 0.2) is 18.2 Å². The molecule has 1 unspecified atom stereocenters. The fourth-order valence-corrected chi connectivity index (χ4v) is 5.40. The Bertz CT molecular complexity index is 876. The summed E-state index contributed by atoms with van der Waals surface area (Å²) in [4.78, 5) is 27.9. The molecule has 1 fully saturated rings. The highest BCUT2D eigenvalue weighted by atomic mass is 32.2. The zero-order chi connectivity index (χ0) is 19.8. The molecule has 0 bridgehead atoms. The van der Waals surface area contributed by atoms with Gasteiger partial charge in [-0.15, -0.1) is 23.1 Å². The van der Waals surface area contributed by atoms with E-state index in [1.165, 1.54) is 24.5 Å². The smallest absolute Gasteiger partial charge is 0.265 e. The van der Waals surface area contributed by atoms with E-state index in [1.54, 1.807) is 28.8 Å². The monoisotopic (exact) mass is 410 g/mol. The number of thioether (sulfide) groups is 1. The summed E-state index contributed by atoms with van der Waals surface area (Å²) in [5.41, 5.74) is 0.175. The number of benzene rings is 1. The lowest BCUT2D eigenvalue weighted by Gasteiger charge is -2.27. The lowest BCUT2D eigenvalue weighted by atomic mass is 10.1. The van der Waals surface area contributed by atoms with Crippen LogP contribution < -0.4 is 5.32 Å². The summed E-state index contributed by atoms with van der Waals surface area (Å²) in [5.74, 6) is 0.201. The van der Waals surface area contributed by atoms with Crippen LogP contribution in [0.3, 0.4) is 0 Å². The first-order valence-corrected chi connectivity index (χ1v) is 10.6. The highest BCUT2D eigenvalue weighted by molar-refractivity contribution is 7.99. The van der Waals surface area contributed by atoms with Crippen molar-refractivity contribution < 1.29 is 18.7 Å². The van der Waals surface area contributed by atoms with Crippen molar-refractivity contribution in [2.75, 3.05) is 18.7 Å². The highest BCUT2D eigenvalue weighted by Crippen LogP contribution is 2.36. The van der Waals surface area contributed by atoms with Gasteiger partial charge in [-0.05, 0) is 32.9 Å². The fraction of sp³-hybridized carbons (Fsp3) is 0.474. The maximum absolute atomic E-state index is 14.4. The van der Waals surface area contributed by atoms with E-state index >= 15 is 0 Å². The van der Waals surface area contributed by atoms with E-state index in [2.05, 4.69) is 5.32 Å². The number of methoxy groups -OCH3 is 1. The average Bonchev–Trinajstić information content (AvgIpc) is 3.19. The van der Waals surface area contributed by atoms with Gasteiger partial charge in [0.15, 0.2) is 0 Å². The maximum atomic E-state index is 14.4. The summed E-state index contributed by atoms with van der Waals surface area (Å²) in [6.45, 7) is 5.86. The number of nitrogens with one attached hydrogen (secondary N) is 1. The van der Waals surface area contributed by atoms with Gasteiger partial charge in [0, 0.05) is 34.1 Å². The fourth-order valence-electron chi connectivity index (χ4n) is 3.07. The molecule has 2 heterocycles. The number of rotatable bonds is 4. The van der Waals surface area contributed by atoms with Crippen molar-refractivity contribution in [1.29, 1.82) is 0 Å². The number of fused-ring (bicyclic) bond motifs is 1. The lowest BCUT2D eigenvalue weighted by Crippen LogP contribution is -2.52. The third kappa shape index (κ3) is 4.12. The summed E-state index contributed by atoms with van der Waals surface area (Å²) >= 11 is 2.79. The molecule has 1 aromatic heterocycles. The Morgan fingerprint density at radius 2 is 2.11 bits per heavy atom. The third-order valence-electron chi connectivity index (χ3n) is 4.19. The van der Waals surface area contributed by atoms with Crippen molar-refractivity contribution in [3.63, 3.8) is 0 Å². The largest absolute Gasteiger partial charge is 0.380 e. The molecule has 1 atom stereocenters. The van der Waals surface area contributed by atoms with E-state index in [0.717, 1.165) is 0 Å². The molecule has 1 aliphatic heterocycles. The Labute approximate surface area is 166 Å². The molecule has 0 aliphatic carbocycles. The third-order valence-corrected chi connectivity index (χ3v) is 6.39. The number of carbonyl (C=O) groups excluding carboxylic acids is 2. The molecule has 2 aromatic rings. The van der Waals surface area contributed by atoms with Gasteiger partial charge in [-0.1, -0.05) is 6.07 Å². The minimum Gasteiger partial charge on any atom is -0.380 e. The number of nitrogens with zero attached hydrogens (tertiary/aromatic N) is 1. The van der Waals surface area contributed by atoms with Crippen LogP contribution in [0, 0.1) is 5.82 Å². The van der Waals surface area contributed by atoms with Crippen LogP contribution in [0.2, 0.25) is 0 Å². The van der Waals surface area contributed by atoms with Crippen LogP contribution in [-0.4, -0.2) is 47.0 Å². The van der Waals surface area contributed by atoms with Crippen molar-refractivity contribution in [3.05, 3.63) is 34.5 Å². The minimum atomic E-state index is -0.535. The van der Waals surface area contributed by atoms with Gasteiger partial charge in [-0.3, -0.25) is 9.59 Å². The van der Waals surface area contributed by atoms with Gasteiger partial charge >= 0.3 is 0 Å². The number of carbonyl (C=O) groups is 2. The number of hydrogen-bond donors (Lipinski definition) is 1. The minimum absolute atomic E-state index is 0.141. The SMILES string of the molecule is COCc1c(C(=O)N2CSCC2C(=O)NC(C)(C)C)sc2cccc(F)c12. The normalized spacial score (nSPS) is 17.5. The summed E-state index contributed by atoms with van der Waals surface area (Å²) in [6, 6.07) is 4.27. The Morgan fingerprint density at radius 3 is 2.78 bits per heavy atom. The van der Waals surface area contributed by atoms with Gasteiger partial charge in [0.25, 0.3) is 5.91 Å². The predicted molar refractivity (Wildman–Crippen MR) is 108 cm³/mol. The zero-order valence-electron chi connectivity index (χ0n) is 15.8. The Hall–Kier alpha value is -1.64. The molecule has 146 valence electrons. The van der Waals surface area contributed by atoms with E-state index in [0.29, 0.717) is 32.2 Å². The molecule has 2 amide bonds. The number of thiophene rings is 1. The summed E-state index contributed by atoms with van der Waals surface area (Å²) < 4.78 is 20.3. The quantitative estimate of drug-likeness (QED) is 0.837. The number of amides is 2. The van der Waals surface area contributed by atoms with Crippen LogP contribution in [0.4, 0.5) is 4.39 Å². The Morgan fingerprint density at radius 1 is 1.37 bits per heavy atom. The molecule has 3 rings (SSSR count). The first-order chi connectivity index (χ1) is 12.7. The average molecular weight is 411 g/mol. The molecule has 1 saturated heterocycles. The Kier molecular flexibility index (Phi) is 5.79. The summed E-state index contributed by atoms with van der Waals surface area (Å²) in [7, 11) is 1.52. The molecule has 1 N–H and O–H groups in total. The first-order valence-electron chi connectivity index (χ1n) is 8.62. The number of hydrogen-bond acceptors (Lipinski definition) is 5. The maximum Gasteiger partial charge on any atom is 0.265 e. The van der Waals surface area contributed by atoms with Crippen molar-refractivity contribution in [1.82, 2.24) is 10.2 Å². The predicted octanol–water partition coefficient (Wildman–Crippen LogP) is 3.62. The van der Waals surface area contributed by atoms with Gasteiger partial charge in [0.2, 0.25) is 5.91 Å². The second-order valence-corrected chi connectivity index (χ2v) is 9.54. The second-order valence-electron chi connectivity index (χ2n) is 7.49. The molecular weight excluding hydrogens is 387 g/mol. The van der Waals surface area contributed by atoms with E-state index in [1.807, 2.05) is 20.8 Å². The molecular formula is C19H23FN2O3S2. The van der Waals surface area contributed by atoms with Crippen molar-refractivity contribution in [3.8, 4) is 0 Å². The highest BCUT2D eigenvalue weighted by Gasteiger charge is 2.38. The van der Waals surface area contributed by atoms with Crippen molar-refractivity contribution >= 4 is 45.0 Å². The van der Waals surface area contributed by atoms with Crippen molar-refractivity contribution in [2.45, 2.75) is 39.0 Å². The van der Waals surface area contributed by atoms with E-state index in [4.69, 9.17) is 4.74 Å². The standard InChI is InChI=1S/C19H23FN2O3S2/c1-19(2,3)21-17(23)13-9-26-10-22(13)18(24)16-11(8-25-4)15-12(20)6-5-7-14(15)27-16/h5-7,13H,8-10H2,1-4H3,(H,21,23). The van der Waals surface area contributed by atoms with E-state index < -0.39 is 6.04 Å². The molecule has 8 heteroatoms. The van der Waals surface area contributed by atoms with Gasteiger partial charge in [-0.25, -0.2) is 4.39 Å². The number of halogens is 1. The second kappa shape index (κ2) is 7.77. The van der Waals surface area contributed by atoms with Gasteiger partial charge < -0.3 is 15.0 Å². The van der Waals surface area contributed by atoms with Gasteiger partial charge in [-0.2, -0.15) is 0 Å². The molecule has 1 aliphatic rings. The lowest BCUT2D eigenvalue weighted by molar-refractivity contribution is -0.125. The zero-order valence-corrected chi connectivity index (χ0v) is 17.4. The van der Waals surface area contributed by atoms with Gasteiger partial charge in [0.05, 0.1) is 17.4 Å². The Balaban J connectivity index is 1.96. The van der Waals surface area contributed by atoms with Crippen LogP contribution in [0.5, 0.6) is 0 Å². The molecule has 0 radical (unpaired) electrons. The number of ether oxygens (including phenoxy) is 1. The molecule has 1 aromatic carbocycles.